The maximum Gasteiger partial charge on any atom is 0.249 e. The van der Waals surface area contributed by atoms with Crippen molar-refractivity contribution in [1.29, 1.82) is 0 Å². The first-order valence-corrected chi connectivity index (χ1v) is 7.78. The van der Waals surface area contributed by atoms with E-state index in [9.17, 15) is 4.79 Å². The van der Waals surface area contributed by atoms with Crippen molar-refractivity contribution in [2.75, 3.05) is 24.7 Å². The van der Waals surface area contributed by atoms with E-state index in [1.54, 1.807) is 6.07 Å². The third kappa shape index (κ3) is 3.15. The largest absolute Gasteiger partial charge is 0.381 e. The van der Waals surface area contributed by atoms with Crippen LogP contribution in [0.15, 0.2) is 16.6 Å². The third-order valence-electron chi connectivity index (χ3n) is 3.89. The van der Waals surface area contributed by atoms with Crippen molar-refractivity contribution in [2.45, 2.75) is 32.7 Å². The highest BCUT2D eigenvalue weighted by atomic mass is 79.9. The second-order valence-electron chi connectivity index (χ2n) is 5.09. The Morgan fingerprint density at radius 2 is 2.10 bits per heavy atom. The molecule has 2 rings (SSSR count). The molecule has 20 heavy (non-hydrogen) atoms. The normalized spacial score (nSPS) is 16.1. The van der Waals surface area contributed by atoms with Crippen LogP contribution >= 0.6 is 15.9 Å². The van der Waals surface area contributed by atoms with E-state index < -0.39 is 0 Å². The molecule has 0 aliphatic carbocycles. The summed E-state index contributed by atoms with van der Waals surface area (Å²) >= 11 is 3.48. The van der Waals surface area contributed by atoms with Crippen LogP contribution in [0.3, 0.4) is 0 Å². The van der Waals surface area contributed by atoms with Crippen molar-refractivity contribution in [2.24, 2.45) is 5.73 Å². The SMILES string of the molecule is CCN(c1cc(Br)cc(C(N)=O)c1C)C1CCOCC1. The molecular formula is C15H21BrN2O2. The number of nitrogens with zero attached hydrogens (tertiary/aromatic N) is 1. The van der Waals surface area contributed by atoms with Gasteiger partial charge in [-0.2, -0.15) is 0 Å². The van der Waals surface area contributed by atoms with Crippen LogP contribution in [-0.4, -0.2) is 31.7 Å². The molecule has 1 heterocycles. The first-order valence-electron chi connectivity index (χ1n) is 6.99. The van der Waals surface area contributed by atoms with Gasteiger partial charge in [-0.3, -0.25) is 4.79 Å². The van der Waals surface area contributed by atoms with Crippen LogP contribution in [0.1, 0.15) is 35.7 Å². The summed E-state index contributed by atoms with van der Waals surface area (Å²) in [5.74, 6) is -0.381. The summed E-state index contributed by atoms with van der Waals surface area (Å²) in [6, 6.07) is 4.32. The predicted octanol–water partition coefficient (Wildman–Crippen LogP) is 2.86. The molecule has 1 aliphatic heterocycles. The van der Waals surface area contributed by atoms with Gasteiger partial charge >= 0.3 is 0 Å². The number of hydrogen-bond acceptors (Lipinski definition) is 3. The number of halogens is 1. The van der Waals surface area contributed by atoms with E-state index >= 15 is 0 Å². The van der Waals surface area contributed by atoms with Crippen LogP contribution in [0, 0.1) is 6.92 Å². The summed E-state index contributed by atoms with van der Waals surface area (Å²) in [6.45, 7) is 6.61. The Balaban J connectivity index is 2.40. The highest BCUT2D eigenvalue weighted by molar-refractivity contribution is 9.10. The summed E-state index contributed by atoms with van der Waals surface area (Å²) in [7, 11) is 0. The van der Waals surface area contributed by atoms with Crippen LogP contribution in [0.4, 0.5) is 5.69 Å². The lowest BCUT2D eigenvalue weighted by Crippen LogP contribution is -2.40. The molecular weight excluding hydrogens is 320 g/mol. The van der Waals surface area contributed by atoms with Crippen molar-refractivity contribution in [3.8, 4) is 0 Å². The number of hydrogen-bond donors (Lipinski definition) is 1. The molecule has 1 saturated heterocycles. The van der Waals surface area contributed by atoms with Gasteiger partial charge in [0.1, 0.15) is 0 Å². The van der Waals surface area contributed by atoms with Gasteiger partial charge in [-0.15, -0.1) is 0 Å². The summed E-state index contributed by atoms with van der Waals surface area (Å²) in [5, 5.41) is 0. The number of benzene rings is 1. The summed E-state index contributed by atoms with van der Waals surface area (Å²) in [5.41, 5.74) is 8.10. The fourth-order valence-electron chi connectivity index (χ4n) is 2.84. The van der Waals surface area contributed by atoms with Crippen LogP contribution in [0.5, 0.6) is 0 Å². The number of carbonyl (C=O) groups excluding carboxylic acids is 1. The molecule has 1 aromatic carbocycles. The number of rotatable bonds is 4. The Labute approximate surface area is 128 Å². The predicted molar refractivity (Wildman–Crippen MR) is 84.3 cm³/mol. The maximum absolute atomic E-state index is 11.6. The molecule has 1 amide bonds. The molecule has 0 bridgehead atoms. The molecule has 0 aromatic heterocycles. The van der Waals surface area contributed by atoms with Gasteiger partial charge in [-0.05, 0) is 44.4 Å². The van der Waals surface area contributed by atoms with Crippen LogP contribution in [0.2, 0.25) is 0 Å². The molecule has 0 spiro atoms. The smallest absolute Gasteiger partial charge is 0.249 e. The van der Waals surface area contributed by atoms with Gasteiger partial charge in [0.15, 0.2) is 0 Å². The fraction of sp³-hybridized carbons (Fsp3) is 0.533. The van der Waals surface area contributed by atoms with Crippen LogP contribution in [0.25, 0.3) is 0 Å². The second-order valence-corrected chi connectivity index (χ2v) is 6.01. The molecule has 1 aliphatic rings. The van der Waals surface area contributed by atoms with E-state index in [0.717, 1.165) is 48.3 Å². The average Bonchev–Trinajstić information content (AvgIpc) is 2.44. The van der Waals surface area contributed by atoms with E-state index in [4.69, 9.17) is 10.5 Å². The van der Waals surface area contributed by atoms with E-state index in [1.807, 2.05) is 6.92 Å². The van der Waals surface area contributed by atoms with E-state index in [0.29, 0.717) is 11.6 Å². The van der Waals surface area contributed by atoms with Gasteiger partial charge in [0.25, 0.3) is 0 Å². The molecule has 2 N–H and O–H groups in total. The fourth-order valence-corrected chi connectivity index (χ4v) is 3.29. The highest BCUT2D eigenvalue weighted by Crippen LogP contribution is 2.31. The number of primary amides is 1. The van der Waals surface area contributed by atoms with Crippen molar-refractivity contribution in [3.05, 3.63) is 27.7 Å². The summed E-state index contributed by atoms with van der Waals surface area (Å²) in [6.07, 6.45) is 2.04. The Morgan fingerprint density at radius 3 is 2.65 bits per heavy atom. The maximum atomic E-state index is 11.6. The molecule has 1 fully saturated rings. The molecule has 0 atom stereocenters. The molecule has 0 saturated carbocycles. The lowest BCUT2D eigenvalue weighted by atomic mass is 10.0. The Morgan fingerprint density at radius 1 is 1.45 bits per heavy atom. The minimum atomic E-state index is -0.381. The molecule has 0 radical (unpaired) electrons. The van der Waals surface area contributed by atoms with Gasteiger partial charge in [-0.1, -0.05) is 15.9 Å². The molecule has 0 unspecified atom stereocenters. The summed E-state index contributed by atoms with van der Waals surface area (Å²) < 4.78 is 6.32. The van der Waals surface area contributed by atoms with Gasteiger partial charge in [0, 0.05) is 41.5 Å². The lowest BCUT2D eigenvalue weighted by molar-refractivity contribution is 0.0846. The number of amides is 1. The van der Waals surface area contributed by atoms with E-state index in [-0.39, 0.29) is 5.91 Å². The highest BCUT2D eigenvalue weighted by Gasteiger charge is 2.23. The molecule has 4 nitrogen and oxygen atoms in total. The van der Waals surface area contributed by atoms with Crippen molar-refractivity contribution >= 4 is 27.5 Å². The van der Waals surface area contributed by atoms with Crippen LogP contribution in [-0.2, 0) is 4.74 Å². The lowest BCUT2D eigenvalue weighted by Gasteiger charge is -2.36. The first-order chi connectivity index (χ1) is 9.54. The van der Waals surface area contributed by atoms with Gasteiger partial charge < -0.3 is 15.4 Å². The van der Waals surface area contributed by atoms with Crippen molar-refractivity contribution in [3.63, 3.8) is 0 Å². The number of anilines is 1. The zero-order valence-corrected chi connectivity index (χ0v) is 13.6. The number of carbonyl (C=O) groups is 1. The summed E-state index contributed by atoms with van der Waals surface area (Å²) in [4.78, 5) is 13.9. The Kier molecular flexibility index (Phi) is 5.05. The zero-order chi connectivity index (χ0) is 14.7. The van der Waals surface area contributed by atoms with E-state index in [2.05, 4.69) is 33.8 Å². The van der Waals surface area contributed by atoms with Crippen LogP contribution < -0.4 is 10.6 Å². The van der Waals surface area contributed by atoms with Gasteiger partial charge in [0.05, 0.1) is 0 Å². The van der Waals surface area contributed by atoms with E-state index in [1.165, 1.54) is 0 Å². The first kappa shape index (κ1) is 15.3. The minimum absolute atomic E-state index is 0.381. The second kappa shape index (κ2) is 6.59. The number of ether oxygens (including phenoxy) is 1. The Bertz CT molecular complexity index is 499. The van der Waals surface area contributed by atoms with Crippen molar-refractivity contribution < 1.29 is 9.53 Å². The molecule has 110 valence electrons. The quantitative estimate of drug-likeness (QED) is 0.916. The number of nitrogens with two attached hydrogens (primary N) is 1. The standard InChI is InChI=1S/C15H21BrN2O2/c1-3-18(12-4-6-20-7-5-12)14-9-11(16)8-13(10(14)2)15(17)19/h8-9,12H,3-7H2,1-2H3,(H2,17,19). The Hall–Kier alpha value is -1.07. The topological polar surface area (TPSA) is 55.6 Å². The average molecular weight is 341 g/mol. The molecule has 5 heteroatoms. The molecule has 1 aromatic rings. The zero-order valence-electron chi connectivity index (χ0n) is 12.0. The minimum Gasteiger partial charge on any atom is -0.381 e. The van der Waals surface area contributed by atoms with Crippen molar-refractivity contribution in [1.82, 2.24) is 0 Å². The van der Waals surface area contributed by atoms with Gasteiger partial charge in [0.2, 0.25) is 5.91 Å². The third-order valence-corrected chi connectivity index (χ3v) is 4.35. The van der Waals surface area contributed by atoms with Gasteiger partial charge in [-0.25, -0.2) is 0 Å². The monoisotopic (exact) mass is 340 g/mol.